The van der Waals surface area contributed by atoms with Crippen molar-refractivity contribution in [3.8, 4) is 23.0 Å². The third kappa shape index (κ3) is 12.4. The van der Waals surface area contributed by atoms with Crippen molar-refractivity contribution in [1.82, 2.24) is 0 Å². The Labute approximate surface area is 347 Å². The number of esters is 4. The van der Waals surface area contributed by atoms with Crippen molar-refractivity contribution in [2.45, 2.75) is 61.7 Å². The van der Waals surface area contributed by atoms with Gasteiger partial charge in [-0.1, -0.05) is 30.3 Å². The lowest BCUT2D eigenvalue weighted by Crippen LogP contribution is -2.63. The summed E-state index contributed by atoms with van der Waals surface area (Å²) < 4.78 is 44.3. The molecule has 7 N–H and O–H groups in total. The van der Waals surface area contributed by atoms with E-state index < -0.39 is 98.5 Å². The van der Waals surface area contributed by atoms with Crippen LogP contribution in [0.3, 0.4) is 0 Å². The molecule has 0 aliphatic carbocycles. The molecule has 2 heterocycles. The van der Waals surface area contributed by atoms with Gasteiger partial charge >= 0.3 is 23.9 Å². The van der Waals surface area contributed by atoms with Crippen molar-refractivity contribution in [3.63, 3.8) is 0 Å². The maximum Gasteiger partial charge on any atom is 0.331 e. The summed E-state index contributed by atoms with van der Waals surface area (Å²) in [5.41, 5.74) is 1.37. The van der Waals surface area contributed by atoms with Gasteiger partial charge in [-0.25, -0.2) is 14.4 Å². The predicted octanol–water partition coefficient (Wildman–Crippen LogP) is 1.09. The number of ether oxygens (including phenoxy) is 8. The molecular formula is C42H44O19. The van der Waals surface area contributed by atoms with E-state index in [0.717, 1.165) is 25.2 Å². The number of aromatic hydroxyl groups is 3. The molecule has 9 atom stereocenters. The van der Waals surface area contributed by atoms with E-state index in [1.807, 2.05) is 0 Å². The summed E-state index contributed by atoms with van der Waals surface area (Å²) in [6.45, 7) is -1.33. The van der Waals surface area contributed by atoms with Gasteiger partial charge in [-0.2, -0.15) is 0 Å². The Morgan fingerprint density at radius 2 is 1.20 bits per heavy atom. The Morgan fingerprint density at radius 3 is 1.79 bits per heavy atom. The Balaban J connectivity index is 1.46. The number of carbonyl (C=O) groups is 4. The quantitative estimate of drug-likeness (QED) is 0.0603. The van der Waals surface area contributed by atoms with E-state index in [-0.39, 0.29) is 23.0 Å². The summed E-state index contributed by atoms with van der Waals surface area (Å²) in [6.07, 6.45) is -8.05. The normalized spacial score (nSPS) is 26.3. The monoisotopic (exact) mass is 852 g/mol. The van der Waals surface area contributed by atoms with E-state index in [9.17, 15) is 54.9 Å². The number of rotatable bonds is 16. The molecule has 2 fully saturated rings. The van der Waals surface area contributed by atoms with Gasteiger partial charge in [0.05, 0.1) is 7.11 Å². The van der Waals surface area contributed by atoms with Gasteiger partial charge in [-0.15, -0.1) is 0 Å². The SMILES string of the molecule is COc1cc(/C=C/C(=O)OC[C@H]2O[C@@](COC(=O)/C=C/c3ccc(O)cc3)(O[C@H]3O[C@H](COC(C)=O)[C@@H](O)[C@H](O)[C@H]3O)[C@@H](OC(=O)/C=C/c3ccc(O)cc3)[C@@H]2O)ccc1O. The number of phenolic OH excluding ortho intramolecular Hbond substituents is 3. The van der Waals surface area contributed by atoms with Crippen molar-refractivity contribution in [2.75, 3.05) is 26.9 Å². The van der Waals surface area contributed by atoms with Crippen LogP contribution < -0.4 is 4.74 Å². The molecule has 2 saturated heterocycles. The molecule has 3 aromatic rings. The molecule has 0 spiro atoms. The average molecular weight is 853 g/mol. The smallest absolute Gasteiger partial charge is 0.331 e. The number of benzene rings is 3. The molecule has 0 aromatic heterocycles. The number of phenols is 3. The number of hydrogen-bond acceptors (Lipinski definition) is 19. The second-order valence-electron chi connectivity index (χ2n) is 13.6. The molecule has 326 valence electrons. The standard InChI is InChI=1S/C42H44O19/c1-23(43)55-20-31-36(50)38(52)39(53)41(58-31)61-42(22-57-34(48)16-8-24-3-11-27(44)12-4-24)40(59-35(49)18-9-25-5-13-28(45)14-6-25)37(51)32(60-42)21-56-33(47)17-10-26-7-15-29(46)30(19-26)54-2/h3-19,31-32,36-41,44-46,50-53H,20-22H2,1-2H3/b16-8+,17-10+,18-9+/t31-,32-,36-,37-,38+,39-,40+,41-,42+/m1/s1. The van der Waals surface area contributed by atoms with Gasteiger partial charge in [0.25, 0.3) is 0 Å². The molecule has 61 heavy (non-hydrogen) atoms. The Kier molecular flexibility index (Phi) is 15.6. The molecule has 2 aliphatic rings. The van der Waals surface area contributed by atoms with E-state index in [0.29, 0.717) is 16.7 Å². The first-order valence-corrected chi connectivity index (χ1v) is 18.5. The van der Waals surface area contributed by atoms with E-state index in [1.54, 1.807) is 0 Å². The Bertz CT molecular complexity index is 2080. The van der Waals surface area contributed by atoms with E-state index in [1.165, 1.54) is 92.1 Å². The lowest BCUT2D eigenvalue weighted by Gasteiger charge is -2.43. The molecule has 19 nitrogen and oxygen atoms in total. The highest BCUT2D eigenvalue weighted by Gasteiger charge is 2.62. The van der Waals surface area contributed by atoms with Gasteiger partial charge < -0.3 is 73.6 Å². The number of carbonyl (C=O) groups excluding carboxylic acids is 4. The van der Waals surface area contributed by atoms with E-state index in [2.05, 4.69) is 0 Å². The van der Waals surface area contributed by atoms with Crippen LogP contribution in [0.1, 0.15) is 23.6 Å². The van der Waals surface area contributed by atoms with Crippen LogP contribution in [0, 0.1) is 0 Å². The molecule has 0 bridgehead atoms. The van der Waals surface area contributed by atoms with Crippen LogP contribution in [-0.4, -0.2) is 141 Å². The fourth-order valence-electron chi connectivity index (χ4n) is 5.99. The van der Waals surface area contributed by atoms with Gasteiger partial charge in [-0.3, -0.25) is 4.79 Å². The minimum absolute atomic E-state index is 0.0247. The zero-order chi connectivity index (χ0) is 44.3. The minimum Gasteiger partial charge on any atom is -0.508 e. The zero-order valence-corrected chi connectivity index (χ0v) is 32.6. The van der Waals surface area contributed by atoms with Crippen LogP contribution >= 0.6 is 0 Å². The molecule has 5 rings (SSSR count). The van der Waals surface area contributed by atoms with Crippen LogP contribution in [0.4, 0.5) is 0 Å². The first-order chi connectivity index (χ1) is 29.1. The molecule has 0 saturated carbocycles. The van der Waals surface area contributed by atoms with Crippen LogP contribution in [0.5, 0.6) is 23.0 Å². The van der Waals surface area contributed by atoms with Gasteiger partial charge in [0.15, 0.2) is 23.9 Å². The molecular weight excluding hydrogens is 808 g/mol. The molecule has 3 aromatic carbocycles. The van der Waals surface area contributed by atoms with Crippen LogP contribution in [0.25, 0.3) is 18.2 Å². The summed E-state index contributed by atoms with van der Waals surface area (Å²) in [5, 5.41) is 73.1. The van der Waals surface area contributed by atoms with Crippen molar-refractivity contribution in [2.24, 2.45) is 0 Å². The van der Waals surface area contributed by atoms with E-state index >= 15 is 0 Å². The van der Waals surface area contributed by atoms with Crippen molar-refractivity contribution < 1.29 is 92.8 Å². The van der Waals surface area contributed by atoms with Crippen molar-refractivity contribution >= 4 is 42.1 Å². The van der Waals surface area contributed by atoms with Gasteiger partial charge in [0.2, 0.25) is 5.79 Å². The Morgan fingerprint density at radius 1 is 0.656 bits per heavy atom. The largest absolute Gasteiger partial charge is 0.508 e. The number of aliphatic hydroxyl groups is 4. The first kappa shape index (κ1) is 45.8. The fraction of sp³-hybridized carbons (Fsp3) is 0.333. The fourth-order valence-corrected chi connectivity index (χ4v) is 5.99. The van der Waals surface area contributed by atoms with Crippen LogP contribution in [0.15, 0.2) is 85.0 Å². The molecule has 2 aliphatic heterocycles. The summed E-state index contributed by atoms with van der Waals surface area (Å²) >= 11 is 0. The zero-order valence-electron chi connectivity index (χ0n) is 32.6. The minimum atomic E-state index is -2.64. The highest BCUT2D eigenvalue weighted by Crippen LogP contribution is 2.39. The Hall–Kier alpha value is -6.32. The maximum atomic E-state index is 13.4. The lowest BCUT2D eigenvalue weighted by atomic mass is 9.98. The lowest BCUT2D eigenvalue weighted by molar-refractivity contribution is -0.383. The highest BCUT2D eigenvalue weighted by molar-refractivity contribution is 5.88. The first-order valence-electron chi connectivity index (χ1n) is 18.5. The number of aliphatic hydroxyl groups excluding tert-OH is 4. The second-order valence-corrected chi connectivity index (χ2v) is 13.6. The maximum absolute atomic E-state index is 13.4. The summed E-state index contributed by atoms with van der Waals surface area (Å²) in [5.74, 6) is -6.59. The van der Waals surface area contributed by atoms with Crippen molar-refractivity contribution in [1.29, 1.82) is 0 Å². The average Bonchev–Trinajstić information content (AvgIpc) is 3.49. The molecule has 0 unspecified atom stereocenters. The topological polar surface area (TPSA) is 284 Å². The van der Waals surface area contributed by atoms with Crippen molar-refractivity contribution in [3.05, 3.63) is 102 Å². The van der Waals surface area contributed by atoms with Gasteiger partial charge in [0.1, 0.15) is 67.9 Å². The summed E-state index contributed by atoms with van der Waals surface area (Å²) in [6, 6.07) is 15.7. The second kappa shape index (κ2) is 20.8. The van der Waals surface area contributed by atoms with E-state index in [4.69, 9.17) is 37.9 Å². The third-order valence-electron chi connectivity index (χ3n) is 9.18. The van der Waals surface area contributed by atoms with Crippen LogP contribution in [0.2, 0.25) is 0 Å². The molecule has 0 amide bonds. The number of methoxy groups -OCH3 is 1. The number of hydrogen-bond donors (Lipinski definition) is 7. The molecule has 19 heteroatoms. The summed E-state index contributed by atoms with van der Waals surface area (Å²) in [4.78, 5) is 50.9. The third-order valence-corrected chi connectivity index (χ3v) is 9.18. The predicted molar refractivity (Wildman–Crippen MR) is 208 cm³/mol. The summed E-state index contributed by atoms with van der Waals surface area (Å²) in [7, 11) is 1.34. The van der Waals surface area contributed by atoms with Gasteiger partial charge in [0, 0.05) is 25.2 Å². The molecule has 0 radical (unpaired) electrons. The van der Waals surface area contributed by atoms with Crippen LogP contribution in [-0.2, 0) is 52.3 Å². The van der Waals surface area contributed by atoms with Gasteiger partial charge in [-0.05, 0) is 71.3 Å². The highest BCUT2D eigenvalue weighted by atomic mass is 16.8.